The van der Waals surface area contributed by atoms with Gasteiger partial charge in [0.1, 0.15) is 5.82 Å². The highest BCUT2D eigenvalue weighted by atomic mass is 35.5. The van der Waals surface area contributed by atoms with E-state index in [1.807, 2.05) is 0 Å². The fourth-order valence-corrected chi connectivity index (χ4v) is 2.72. The summed E-state index contributed by atoms with van der Waals surface area (Å²) in [6, 6.07) is 3.68. The van der Waals surface area contributed by atoms with Gasteiger partial charge in [-0.3, -0.25) is 0 Å². The van der Waals surface area contributed by atoms with Crippen LogP contribution in [-0.4, -0.2) is 26.0 Å². The minimum atomic E-state index is -3.04. The van der Waals surface area contributed by atoms with Gasteiger partial charge in [-0.25, -0.2) is 12.8 Å². The zero-order valence-electron chi connectivity index (χ0n) is 9.70. The largest absolute Gasteiger partial charge is 0.380 e. The standard InChI is InChI=1S/C11H15ClFNO2S/c1-3-17(15,16)7-8(2)14-11-5-4-9(13)6-10(11)12/h4-6,8,14H,3,7H2,1-2H3. The van der Waals surface area contributed by atoms with Crippen molar-refractivity contribution in [2.45, 2.75) is 19.9 Å². The van der Waals surface area contributed by atoms with Gasteiger partial charge in [-0.2, -0.15) is 0 Å². The summed E-state index contributed by atoms with van der Waals surface area (Å²) in [5, 5.41) is 3.19. The van der Waals surface area contributed by atoms with E-state index in [4.69, 9.17) is 11.6 Å². The van der Waals surface area contributed by atoms with E-state index >= 15 is 0 Å². The second-order valence-corrected chi connectivity index (χ2v) is 6.67. The molecule has 0 aliphatic heterocycles. The summed E-state index contributed by atoms with van der Waals surface area (Å²) in [6.07, 6.45) is 0. The molecule has 0 aromatic heterocycles. The Kier molecular flexibility index (Phi) is 4.77. The topological polar surface area (TPSA) is 46.2 Å². The zero-order chi connectivity index (χ0) is 13.1. The molecule has 17 heavy (non-hydrogen) atoms. The van der Waals surface area contributed by atoms with Gasteiger partial charge in [0.25, 0.3) is 0 Å². The molecule has 1 aromatic rings. The molecule has 0 aliphatic rings. The number of hydrogen-bond acceptors (Lipinski definition) is 3. The van der Waals surface area contributed by atoms with E-state index in [-0.39, 0.29) is 22.6 Å². The zero-order valence-corrected chi connectivity index (χ0v) is 11.3. The lowest BCUT2D eigenvalue weighted by atomic mass is 10.3. The maximum Gasteiger partial charge on any atom is 0.152 e. The van der Waals surface area contributed by atoms with Crippen molar-refractivity contribution in [1.82, 2.24) is 0 Å². The lowest BCUT2D eigenvalue weighted by molar-refractivity contribution is 0.593. The number of hydrogen-bond donors (Lipinski definition) is 1. The van der Waals surface area contributed by atoms with Gasteiger partial charge in [-0.05, 0) is 25.1 Å². The van der Waals surface area contributed by atoms with Gasteiger partial charge >= 0.3 is 0 Å². The Morgan fingerprint density at radius 3 is 2.65 bits per heavy atom. The Morgan fingerprint density at radius 2 is 2.12 bits per heavy atom. The molecule has 1 aromatic carbocycles. The Hall–Kier alpha value is -0.810. The summed E-state index contributed by atoms with van der Waals surface area (Å²) in [4.78, 5) is 0. The number of halogens is 2. The van der Waals surface area contributed by atoms with E-state index in [2.05, 4.69) is 5.32 Å². The molecular formula is C11H15ClFNO2S. The first-order chi connectivity index (χ1) is 7.84. The number of sulfone groups is 1. The van der Waals surface area contributed by atoms with Gasteiger partial charge in [0.2, 0.25) is 0 Å². The second kappa shape index (κ2) is 5.69. The maximum atomic E-state index is 12.8. The van der Waals surface area contributed by atoms with Crippen molar-refractivity contribution in [3.05, 3.63) is 29.0 Å². The molecule has 3 nitrogen and oxygen atoms in total. The number of nitrogens with one attached hydrogen (secondary N) is 1. The first kappa shape index (κ1) is 14.3. The molecule has 0 heterocycles. The molecule has 96 valence electrons. The van der Waals surface area contributed by atoms with Crippen LogP contribution in [0.1, 0.15) is 13.8 Å². The van der Waals surface area contributed by atoms with Crippen LogP contribution in [0.5, 0.6) is 0 Å². The molecule has 0 radical (unpaired) electrons. The monoisotopic (exact) mass is 279 g/mol. The number of anilines is 1. The van der Waals surface area contributed by atoms with Gasteiger partial charge in [-0.15, -0.1) is 0 Å². The van der Waals surface area contributed by atoms with Crippen LogP contribution in [-0.2, 0) is 9.84 Å². The number of rotatable bonds is 5. The van der Waals surface area contributed by atoms with E-state index in [0.29, 0.717) is 5.69 Å². The highest BCUT2D eigenvalue weighted by Crippen LogP contribution is 2.23. The Balaban J connectivity index is 2.72. The van der Waals surface area contributed by atoms with Gasteiger partial charge in [0.15, 0.2) is 9.84 Å². The molecule has 1 unspecified atom stereocenters. The van der Waals surface area contributed by atoms with E-state index in [0.717, 1.165) is 0 Å². The molecule has 0 saturated heterocycles. The van der Waals surface area contributed by atoms with Crippen LogP contribution in [0.25, 0.3) is 0 Å². The van der Waals surface area contributed by atoms with Crippen molar-refractivity contribution in [3.63, 3.8) is 0 Å². The molecule has 0 aliphatic carbocycles. The predicted octanol–water partition coefficient (Wildman–Crippen LogP) is 2.71. The van der Waals surface area contributed by atoms with Crippen LogP contribution in [0.15, 0.2) is 18.2 Å². The van der Waals surface area contributed by atoms with E-state index < -0.39 is 15.7 Å². The Labute approximate surface area is 106 Å². The number of benzene rings is 1. The van der Waals surface area contributed by atoms with E-state index in [1.165, 1.54) is 18.2 Å². The molecule has 0 saturated carbocycles. The van der Waals surface area contributed by atoms with Crippen LogP contribution in [0, 0.1) is 5.82 Å². The van der Waals surface area contributed by atoms with Crippen LogP contribution >= 0.6 is 11.6 Å². The van der Waals surface area contributed by atoms with Gasteiger partial charge in [0, 0.05) is 11.8 Å². The molecular weight excluding hydrogens is 265 g/mol. The molecule has 1 N–H and O–H groups in total. The van der Waals surface area contributed by atoms with Crippen molar-refractivity contribution in [2.75, 3.05) is 16.8 Å². The third-order valence-corrected chi connectivity index (χ3v) is 4.48. The fraction of sp³-hybridized carbons (Fsp3) is 0.455. The molecule has 6 heteroatoms. The van der Waals surface area contributed by atoms with Crippen molar-refractivity contribution in [1.29, 1.82) is 0 Å². The SMILES string of the molecule is CCS(=O)(=O)CC(C)Nc1ccc(F)cc1Cl. The van der Waals surface area contributed by atoms with E-state index in [9.17, 15) is 12.8 Å². The third kappa shape index (κ3) is 4.52. The average molecular weight is 280 g/mol. The van der Waals surface area contributed by atoms with Gasteiger partial charge < -0.3 is 5.32 Å². The minimum Gasteiger partial charge on any atom is -0.380 e. The molecule has 1 rings (SSSR count). The average Bonchev–Trinajstić information content (AvgIpc) is 2.21. The highest BCUT2D eigenvalue weighted by molar-refractivity contribution is 7.91. The summed E-state index contributed by atoms with van der Waals surface area (Å²) in [5.74, 6) is -0.290. The smallest absolute Gasteiger partial charge is 0.152 e. The van der Waals surface area contributed by atoms with Crippen molar-refractivity contribution < 1.29 is 12.8 Å². The molecule has 0 bridgehead atoms. The lowest BCUT2D eigenvalue weighted by Gasteiger charge is -2.16. The predicted molar refractivity (Wildman–Crippen MR) is 68.8 cm³/mol. The summed E-state index contributed by atoms with van der Waals surface area (Å²) >= 11 is 5.83. The van der Waals surface area contributed by atoms with Crippen LogP contribution in [0.4, 0.5) is 10.1 Å². The van der Waals surface area contributed by atoms with Crippen molar-refractivity contribution in [3.8, 4) is 0 Å². The van der Waals surface area contributed by atoms with Crippen LogP contribution in [0.2, 0.25) is 5.02 Å². The molecule has 0 amide bonds. The van der Waals surface area contributed by atoms with Crippen molar-refractivity contribution >= 4 is 27.1 Å². The highest BCUT2D eigenvalue weighted by Gasteiger charge is 2.14. The fourth-order valence-electron chi connectivity index (χ4n) is 1.41. The maximum absolute atomic E-state index is 12.8. The second-order valence-electron chi connectivity index (χ2n) is 3.87. The summed E-state index contributed by atoms with van der Waals surface area (Å²) in [5.41, 5.74) is 0.534. The summed E-state index contributed by atoms with van der Waals surface area (Å²) in [6.45, 7) is 3.35. The van der Waals surface area contributed by atoms with Gasteiger partial charge in [-0.1, -0.05) is 18.5 Å². The van der Waals surface area contributed by atoms with Crippen LogP contribution < -0.4 is 5.32 Å². The normalized spacial score (nSPS) is 13.4. The lowest BCUT2D eigenvalue weighted by Crippen LogP contribution is -2.26. The first-order valence-corrected chi connectivity index (χ1v) is 7.46. The Morgan fingerprint density at radius 1 is 1.47 bits per heavy atom. The molecule has 1 atom stereocenters. The van der Waals surface area contributed by atoms with Gasteiger partial charge in [0.05, 0.1) is 16.5 Å². The molecule has 0 fully saturated rings. The summed E-state index contributed by atoms with van der Waals surface area (Å²) < 4.78 is 35.6. The van der Waals surface area contributed by atoms with E-state index in [1.54, 1.807) is 13.8 Å². The minimum absolute atomic E-state index is 0.0250. The summed E-state index contributed by atoms with van der Waals surface area (Å²) in [7, 11) is -3.04. The quantitative estimate of drug-likeness (QED) is 0.901. The molecule has 0 spiro atoms. The van der Waals surface area contributed by atoms with Crippen LogP contribution in [0.3, 0.4) is 0 Å². The first-order valence-electron chi connectivity index (χ1n) is 5.26. The van der Waals surface area contributed by atoms with Crippen molar-refractivity contribution in [2.24, 2.45) is 0 Å². The Bertz CT molecular complexity index is 490. The third-order valence-electron chi connectivity index (χ3n) is 2.28.